The maximum absolute atomic E-state index is 12.1. The largest absolute Gasteiger partial charge is 0.452 e. The van der Waals surface area contributed by atoms with Gasteiger partial charge in [0, 0.05) is 18.5 Å². The summed E-state index contributed by atoms with van der Waals surface area (Å²) >= 11 is 0. The van der Waals surface area contributed by atoms with Crippen LogP contribution in [0, 0.1) is 13.8 Å². The molecule has 0 unspecified atom stereocenters. The van der Waals surface area contributed by atoms with E-state index in [9.17, 15) is 9.59 Å². The molecule has 4 nitrogen and oxygen atoms in total. The Balaban J connectivity index is 2.61. The minimum absolute atomic E-state index is 0.100. The maximum atomic E-state index is 12.1. The molecular formula is C14H17NO3. The monoisotopic (exact) mass is 247 g/mol. The molecule has 1 aromatic carbocycles. The van der Waals surface area contributed by atoms with Gasteiger partial charge in [0.15, 0.2) is 5.78 Å². The van der Waals surface area contributed by atoms with E-state index in [0.29, 0.717) is 30.6 Å². The van der Waals surface area contributed by atoms with Gasteiger partial charge in [0.1, 0.15) is 0 Å². The fourth-order valence-corrected chi connectivity index (χ4v) is 2.47. The number of hydrogen-bond donors (Lipinski definition) is 0. The second-order valence-corrected chi connectivity index (χ2v) is 4.63. The van der Waals surface area contributed by atoms with E-state index in [1.165, 1.54) is 7.11 Å². The zero-order valence-corrected chi connectivity index (χ0v) is 10.9. The number of ketones is 1. The lowest BCUT2D eigenvalue weighted by Crippen LogP contribution is -2.32. The van der Waals surface area contributed by atoms with Crippen molar-refractivity contribution in [1.29, 1.82) is 0 Å². The predicted molar refractivity (Wildman–Crippen MR) is 69.2 cm³/mol. The molecule has 0 aliphatic carbocycles. The van der Waals surface area contributed by atoms with Gasteiger partial charge < -0.3 is 4.74 Å². The van der Waals surface area contributed by atoms with Crippen LogP contribution in [0.25, 0.3) is 0 Å². The Hall–Kier alpha value is -1.84. The molecule has 0 N–H and O–H groups in total. The summed E-state index contributed by atoms with van der Waals surface area (Å²) in [5, 5.41) is 0. The van der Waals surface area contributed by atoms with Crippen molar-refractivity contribution in [3.8, 4) is 0 Å². The minimum atomic E-state index is -0.405. The van der Waals surface area contributed by atoms with Gasteiger partial charge in [-0.25, -0.2) is 4.79 Å². The second-order valence-electron chi connectivity index (χ2n) is 4.63. The lowest BCUT2D eigenvalue weighted by Gasteiger charge is -2.23. The summed E-state index contributed by atoms with van der Waals surface area (Å²) in [6.45, 7) is 4.39. The zero-order valence-electron chi connectivity index (χ0n) is 10.9. The number of benzene rings is 1. The Morgan fingerprint density at radius 3 is 2.72 bits per heavy atom. The van der Waals surface area contributed by atoms with Crippen LogP contribution >= 0.6 is 0 Å². The summed E-state index contributed by atoms with van der Waals surface area (Å²) < 4.78 is 4.80. The van der Waals surface area contributed by atoms with Gasteiger partial charge in [-0.05, 0) is 37.5 Å². The number of carbonyl (C=O) groups excluding carboxylic acids is 2. The summed E-state index contributed by atoms with van der Waals surface area (Å²) in [5.41, 5.74) is 3.31. The lowest BCUT2D eigenvalue weighted by molar-refractivity contribution is 0.0983. The van der Waals surface area contributed by atoms with E-state index < -0.39 is 6.09 Å². The van der Waals surface area contributed by atoms with E-state index in [0.717, 1.165) is 11.1 Å². The van der Waals surface area contributed by atoms with Crippen molar-refractivity contribution < 1.29 is 14.3 Å². The van der Waals surface area contributed by atoms with Gasteiger partial charge in [0.05, 0.1) is 12.8 Å². The minimum Gasteiger partial charge on any atom is -0.452 e. The molecule has 0 radical (unpaired) electrons. The van der Waals surface area contributed by atoms with Crippen molar-refractivity contribution in [1.82, 2.24) is 0 Å². The van der Waals surface area contributed by atoms with Crippen LogP contribution in [0.1, 0.15) is 34.3 Å². The van der Waals surface area contributed by atoms with Crippen LogP contribution in [0.15, 0.2) is 12.1 Å². The molecule has 96 valence electrons. The molecule has 0 saturated heterocycles. The topological polar surface area (TPSA) is 46.6 Å². The maximum Gasteiger partial charge on any atom is 0.414 e. The van der Waals surface area contributed by atoms with Crippen molar-refractivity contribution in [2.75, 3.05) is 18.6 Å². The molecule has 2 rings (SSSR count). The highest BCUT2D eigenvalue weighted by atomic mass is 16.5. The number of aryl methyl sites for hydroxylation is 2. The number of rotatable bonds is 0. The van der Waals surface area contributed by atoms with Crippen molar-refractivity contribution >= 4 is 17.6 Å². The first-order chi connectivity index (χ1) is 8.54. The summed E-state index contributed by atoms with van der Waals surface area (Å²) in [4.78, 5) is 25.5. The molecule has 0 atom stereocenters. The Morgan fingerprint density at radius 2 is 2.06 bits per heavy atom. The third-order valence-corrected chi connectivity index (χ3v) is 3.20. The highest BCUT2D eigenvalue weighted by molar-refractivity contribution is 6.06. The SMILES string of the molecule is COC(=O)N1CCCC(=O)c2cc(C)cc(C)c21. The van der Waals surface area contributed by atoms with Crippen LogP contribution in [0.5, 0.6) is 0 Å². The number of Topliss-reactive ketones (excluding diaryl/α,β-unsaturated/α-hetero) is 1. The molecule has 0 aromatic heterocycles. The Morgan fingerprint density at radius 1 is 1.33 bits per heavy atom. The van der Waals surface area contributed by atoms with Crippen LogP contribution in [0.4, 0.5) is 10.5 Å². The molecular weight excluding hydrogens is 230 g/mol. The summed E-state index contributed by atoms with van der Waals surface area (Å²) in [7, 11) is 1.36. The number of nitrogens with zero attached hydrogens (tertiary/aromatic N) is 1. The van der Waals surface area contributed by atoms with Crippen LogP contribution < -0.4 is 4.90 Å². The number of ether oxygens (including phenoxy) is 1. The number of hydrogen-bond acceptors (Lipinski definition) is 3. The molecule has 0 fully saturated rings. The van der Waals surface area contributed by atoms with Gasteiger partial charge in [-0.15, -0.1) is 0 Å². The fourth-order valence-electron chi connectivity index (χ4n) is 2.47. The Kier molecular flexibility index (Phi) is 3.36. The summed E-state index contributed by atoms with van der Waals surface area (Å²) in [5.74, 6) is 0.100. The van der Waals surface area contributed by atoms with E-state index in [4.69, 9.17) is 4.74 Å². The van der Waals surface area contributed by atoms with E-state index in [-0.39, 0.29) is 5.78 Å². The molecule has 0 saturated carbocycles. The standard InChI is InChI=1S/C14H17NO3/c1-9-7-10(2)13-11(8-9)12(16)5-4-6-15(13)14(17)18-3/h7-8H,4-6H2,1-3H3. The molecule has 0 spiro atoms. The number of amides is 1. The van der Waals surface area contributed by atoms with E-state index in [1.54, 1.807) is 4.90 Å². The van der Waals surface area contributed by atoms with Gasteiger partial charge in [-0.3, -0.25) is 9.69 Å². The van der Waals surface area contributed by atoms with E-state index in [2.05, 4.69) is 0 Å². The molecule has 1 aromatic rings. The highest BCUT2D eigenvalue weighted by Gasteiger charge is 2.27. The molecule has 1 heterocycles. The summed E-state index contributed by atoms with van der Waals surface area (Å²) in [6, 6.07) is 3.83. The van der Waals surface area contributed by atoms with Crippen LogP contribution in [0.2, 0.25) is 0 Å². The predicted octanol–water partition coefficient (Wildman–Crippen LogP) is 2.85. The Bertz CT molecular complexity index is 508. The van der Waals surface area contributed by atoms with Crippen LogP contribution in [0.3, 0.4) is 0 Å². The second kappa shape index (κ2) is 4.80. The fraction of sp³-hybridized carbons (Fsp3) is 0.429. The average molecular weight is 247 g/mol. The number of fused-ring (bicyclic) bond motifs is 1. The first-order valence-electron chi connectivity index (χ1n) is 6.04. The van der Waals surface area contributed by atoms with E-state index in [1.807, 2.05) is 26.0 Å². The normalized spacial score (nSPS) is 15.1. The zero-order chi connectivity index (χ0) is 13.3. The van der Waals surface area contributed by atoms with Crippen molar-refractivity contribution in [3.63, 3.8) is 0 Å². The molecule has 4 heteroatoms. The first-order valence-corrected chi connectivity index (χ1v) is 6.04. The molecule has 18 heavy (non-hydrogen) atoms. The third kappa shape index (κ3) is 2.10. The molecule has 1 aliphatic rings. The average Bonchev–Trinajstić information content (AvgIpc) is 2.49. The van der Waals surface area contributed by atoms with Crippen molar-refractivity contribution in [2.24, 2.45) is 0 Å². The van der Waals surface area contributed by atoms with E-state index >= 15 is 0 Å². The molecule has 1 aliphatic heterocycles. The van der Waals surface area contributed by atoms with Crippen LogP contribution in [-0.4, -0.2) is 25.5 Å². The van der Waals surface area contributed by atoms with Gasteiger partial charge >= 0.3 is 6.09 Å². The highest BCUT2D eigenvalue weighted by Crippen LogP contribution is 2.31. The smallest absolute Gasteiger partial charge is 0.414 e. The van der Waals surface area contributed by atoms with Crippen LogP contribution in [-0.2, 0) is 4.74 Å². The first kappa shape index (κ1) is 12.6. The van der Waals surface area contributed by atoms with Gasteiger partial charge in [0.25, 0.3) is 0 Å². The molecule has 0 bridgehead atoms. The van der Waals surface area contributed by atoms with Crippen molar-refractivity contribution in [2.45, 2.75) is 26.7 Å². The van der Waals surface area contributed by atoms with Gasteiger partial charge in [-0.2, -0.15) is 0 Å². The van der Waals surface area contributed by atoms with Gasteiger partial charge in [0.2, 0.25) is 0 Å². The summed E-state index contributed by atoms with van der Waals surface area (Å²) in [6.07, 6.45) is 0.739. The Labute approximate surface area is 107 Å². The van der Waals surface area contributed by atoms with Crippen molar-refractivity contribution in [3.05, 3.63) is 28.8 Å². The number of methoxy groups -OCH3 is 1. The number of carbonyl (C=O) groups is 2. The quantitative estimate of drug-likeness (QED) is 0.708. The molecule has 1 amide bonds. The lowest BCUT2D eigenvalue weighted by atomic mass is 10.00. The van der Waals surface area contributed by atoms with Gasteiger partial charge in [-0.1, -0.05) is 6.07 Å². The third-order valence-electron chi connectivity index (χ3n) is 3.20. The number of anilines is 1.